The van der Waals surface area contributed by atoms with Gasteiger partial charge in [0.2, 0.25) is 5.91 Å². The van der Waals surface area contributed by atoms with Crippen LogP contribution in [-0.4, -0.2) is 30.1 Å². The highest BCUT2D eigenvalue weighted by Crippen LogP contribution is 2.25. The topological polar surface area (TPSA) is 77.2 Å². The molecule has 22 heavy (non-hydrogen) atoms. The number of carbonyl (C=O) groups excluding carboxylic acids is 1. The van der Waals surface area contributed by atoms with E-state index in [0.717, 1.165) is 24.2 Å². The van der Waals surface area contributed by atoms with Gasteiger partial charge in [0.05, 0.1) is 5.69 Å². The van der Waals surface area contributed by atoms with Gasteiger partial charge in [-0.3, -0.25) is 9.78 Å². The van der Waals surface area contributed by atoms with E-state index in [0.29, 0.717) is 24.0 Å². The Morgan fingerprint density at radius 1 is 1.36 bits per heavy atom. The second kappa shape index (κ2) is 6.58. The van der Waals surface area contributed by atoms with Crippen LogP contribution >= 0.6 is 0 Å². The fourth-order valence-electron chi connectivity index (χ4n) is 2.60. The van der Waals surface area contributed by atoms with Gasteiger partial charge in [0.15, 0.2) is 0 Å². The van der Waals surface area contributed by atoms with Crippen molar-refractivity contribution in [2.24, 2.45) is 5.73 Å². The third kappa shape index (κ3) is 3.43. The van der Waals surface area contributed by atoms with Gasteiger partial charge in [0, 0.05) is 23.4 Å². The van der Waals surface area contributed by atoms with Crippen molar-refractivity contribution in [2.45, 2.75) is 18.9 Å². The third-order valence-electron chi connectivity index (χ3n) is 3.77. The monoisotopic (exact) mass is 297 g/mol. The van der Waals surface area contributed by atoms with E-state index in [9.17, 15) is 4.79 Å². The van der Waals surface area contributed by atoms with Gasteiger partial charge in [-0.25, -0.2) is 0 Å². The first-order valence-electron chi connectivity index (χ1n) is 7.45. The van der Waals surface area contributed by atoms with Crippen LogP contribution in [0.3, 0.4) is 0 Å². The van der Waals surface area contributed by atoms with Crippen molar-refractivity contribution in [1.29, 1.82) is 0 Å². The molecule has 1 atom stereocenters. The van der Waals surface area contributed by atoms with E-state index in [1.807, 2.05) is 24.3 Å². The van der Waals surface area contributed by atoms with Crippen LogP contribution in [-0.2, 0) is 0 Å². The predicted octanol–water partition coefficient (Wildman–Crippen LogP) is 1.98. The molecular weight excluding hydrogens is 278 g/mol. The zero-order valence-corrected chi connectivity index (χ0v) is 12.3. The molecule has 3 N–H and O–H groups in total. The second-order valence-corrected chi connectivity index (χ2v) is 5.43. The zero-order chi connectivity index (χ0) is 15.4. The maximum absolute atomic E-state index is 11.5. The number of hydrogen-bond donors (Lipinski definition) is 2. The predicted molar refractivity (Wildman–Crippen MR) is 84.7 cm³/mol. The highest BCUT2D eigenvalue weighted by Gasteiger charge is 2.15. The average Bonchev–Trinajstić information content (AvgIpc) is 3.07. The lowest BCUT2D eigenvalue weighted by Gasteiger charge is -2.14. The van der Waals surface area contributed by atoms with Gasteiger partial charge in [0.1, 0.15) is 12.4 Å². The quantitative estimate of drug-likeness (QED) is 0.884. The summed E-state index contributed by atoms with van der Waals surface area (Å²) in [6, 6.07) is 11.3. The highest BCUT2D eigenvalue weighted by molar-refractivity contribution is 5.94. The molecule has 0 aliphatic carbocycles. The number of rotatable bonds is 5. The molecule has 2 heterocycles. The molecule has 3 rings (SSSR count). The van der Waals surface area contributed by atoms with Crippen molar-refractivity contribution in [3.8, 4) is 17.0 Å². The number of pyridine rings is 1. The number of benzene rings is 1. The van der Waals surface area contributed by atoms with Crippen molar-refractivity contribution in [1.82, 2.24) is 10.3 Å². The largest absolute Gasteiger partial charge is 0.492 e. The molecule has 0 saturated carbocycles. The fraction of sp³-hybridized carbons (Fsp3) is 0.294. The van der Waals surface area contributed by atoms with Crippen LogP contribution in [0.1, 0.15) is 23.2 Å². The normalized spacial score (nSPS) is 17.4. The maximum Gasteiger partial charge on any atom is 0.248 e. The summed E-state index contributed by atoms with van der Waals surface area (Å²) >= 11 is 0. The van der Waals surface area contributed by atoms with Crippen molar-refractivity contribution >= 4 is 5.91 Å². The Kier molecular flexibility index (Phi) is 4.34. The summed E-state index contributed by atoms with van der Waals surface area (Å²) in [5.41, 5.74) is 7.46. The number of primary amides is 1. The highest BCUT2D eigenvalue weighted by atomic mass is 16.5. The standard InChI is InChI=1S/C17H19N3O2/c18-17(21)13-8-12(16-5-1-2-6-20-16)9-15(10-13)22-11-14-4-3-7-19-14/h1-2,5-6,8-10,14,19H,3-4,7,11H2,(H2,18,21)/t14-/m1/s1. The van der Waals surface area contributed by atoms with Crippen molar-refractivity contribution in [2.75, 3.05) is 13.2 Å². The first-order chi connectivity index (χ1) is 10.7. The molecule has 1 aliphatic heterocycles. The second-order valence-electron chi connectivity index (χ2n) is 5.43. The minimum Gasteiger partial charge on any atom is -0.492 e. The van der Waals surface area contributed by atoms with Gasteiger partial charge >= 0.3 is 0 Å². The summed E-state index contributed by atoms with van der Waals surface area (Å²) in [5, 5.41) is 3.38. The SMILES string of the molecule is NC(=O)c1cc(OC[C@H]2CCCN2)cc(-c2ccccn2)c1. The van der Waals surface area contributed by atoms with Crippen molar-refractivity contribution in [3.63, 3.8) is 0 Å². The molecule has 0 radical (unpaired) electrons. The van der Waals surface area contributed by atoms with Crippen LogP contribution in [0.2, 0.25) is 0 Å². The van der Waals surface area contributed by atoms with E-state index in [1.165, 1.54) is 6.42 Å². The van der Waals surface area contributed by atoms with Gasteiger partial charge in [-0.2, -0.15) is 0 Å². The van der Waals surface area contributed by atoms with Gasteiger partial charge in [-0.15, -0.1) is 0 Å². The summed E-state index contributed by atoms with van der Waals surface area (Å²) in [5.74, 6) is 0.173. The van der Waals surface area contributed by atoms with E-state index < -0.39 is 5.91 Å². The molecule has 2 aromatic rings. The van der Waals surface area contributed by atoms with Crippen LogP contribution in [0.5, 0.6) is 5.75 Å². The summed E-state index contributed by atoms with van der Waals surface area (Å²) in [7, 11) is 0. The van der Waals surface area contributed by atoms with E-state index in [1.54, 1.807) is 18.3 Å². The molecule has 1 fully saturated rings. The lowest BCUT2D eigenvalue weighted by Crippen LogP contribution is -2.28. The number of nitrogens with two attached hydrogens (primary N) is 1. The van der Waals surface area contributed by atoms with Crippen LogP contribution in [0, 0.1) is 0 Å². The van der Waals surface area contributed by atoms with E-state index in [4.69, 9.17) is 10.5 Å². The van der Waals surface area contributed by atoms with Crippen molar-refractivity contribution in [3.05, 3.63) is 48.2 Å². The van der Waals surface area contributed by atoms with Crippen LogP contribution in [0.4, 0.5) is 0 Å². The van der Waals surface area contributed by atoms with E-state index in [2.05, 4.69) is 10.3 Å². The van der Waals surface area contributed by atoms with E-state index in [-0.39, 0.29) is 0 Å². The molecule has 1 saturated heterocycles. The Bertz CT molecular complexity index is 652. The van der Waals surface area contributed by atoms with Crippen LogP contribution < -0.4 is 15.8 Å². The summed E-state index contributed by atoms with van der Waals surface area (Å²) in [6.45, 7) is 1.62. The summed E-state index contributed by atoms with van der Waals surface area (Å²) < 4.78 is 5.84. The zero-order valence-electron chi connectivity index (χ0n) is 12.3. The summed E-state index contributed by atoms with van der Waals surface area (Å²) in [6.07, 6.45) is 4.01. The molecule has 5 heteroatoms. The number of aromatic nitrogens is 1. The Morgan fingerprint density at radius 2 is 2.27 bits per heavy atom. The molecule has 0 unspecified atom stereocenters. The van der Waals surface area contributed by atoms with Gasteiger partial charge < -0.3 is 15.8 Å². The molecule has 1 amide bonds. The molecular formula is C17H19N3O2. The van der Waals surface area contributed by atoms with Crippen molar-refractivity contribution < 1.29 is 9.53 Å². The van der Waals surface area contributed by atoms with Gasteiger partial charge in [-0.05, 0) is 49.7 Å². The molecule has 1 aromatic carbocycles. The lowest BCUT2D eigenvalue weighted by atomic mass is 10.1. The molecule has 1 aromatic heterocycles. The molecule has 0 bridgehead atoms. The number of carbonyl (C=O) groups is 1. The third-order valence-corrected chi connectivity index (χ3v) is 3.77. The number of nitrogens with zero attached hydrogens (tertiary/aromatic N) is 1. The Hall–Kier alpha value is -2.40. The minimum absolute atomic E-state index is 0.371. The molecule has 114 valence electrons. The van der Waals surface area contributed by atoms with Crippen LogP contribution in [0.25, 0.3) is 11.3 Å². The Balaban J connectivity index is 1.85. The first kappa shape index (κ1) is 14.5. The molecule has 1 aliphatic rings. The first-order valence-corrected chi connectivity index (χ1v) is 7.45. The number of nitrogens with one attached hydrogen (secondary N) is 1. The fourth-order valence-corrected chi connectivity index (χ4v) is 2.60. The Labute approximate surface area is 129 Å². The van der Waals surface area contributed by atoms with E-state index >= 15 is 0 Å². The van der Waals surface area contributed by atoms with Crippen LogP contribution in [0.15, 0.2) is 42.6 Å². The Morgan fingerprint density at radius 3 is 2.95 bits per heavy atom. The van der Waals surface area contributed by atoms with Gasteiger partial charge in [0.25, 0.3) is 0 Å². The number of amides is 1. The smallest absolute Gasteiger partial charge is 0.248 e. The average molecular weight is 297 g/mol. The maximum atomic E-state index is 11.5. The molecule has 5 nitrogen and oxygen atoms in total. The number of hydrogen-bond acceptors (Lipinski definition) is 4. The minimum atomic E-state index is -0.471. The van der Waals surface area contributed by atoms with Gasteiger partial charge in [-0.1, -0.05) is 6.07 Å². The lowest BCUT2D eigenvalue weighted by molar-refractivity contribution is 0.1000. The number of ether oxygens (including phenoxy) is 1. The molecule has 0 spiro atoms. The summed E-state index contributed by atoms with van der Waals surface area (Å²) in [4.78, 5) is 15.8.